The van der Waals surface area contributed by atoms with Crippen molar-refractivity contribution < 1.29 is 0 Å². The molecule has 0 fully saturated rings. The first-order valence-corrected chi connectivity index (χ1v) is 8.07. The molecule has 1 N–H and O–H groups in total. The van der Waals surface area contributed by atoms with Crippen LogP contribution in [0.2, 0.25) is 0 Å². The van der Waals surface area contributed by atoms with E-state index in [4.69, 9.17) is 0 Å². The van der Waals surface area contributed by atoms with Crippen molar-refractivity contribution in [3.05, 3.63) is 48.3 Å². The van der Waals surface area contributed by atoms with Gasteiger partial charge in [-0.15, -0.1) is 0 Å². The van der Waals surface area contributed by atoms with Crippen LogP contribution in [0, 0.1) is 6.92 Å². The highest BCUT2D eigenvalue weighted by Crippen LogP contribution is 2.21. The fourth-order valence-corrected chi connectivity index (χ4v) is 1.38. The summed E-state index contributed by atoms with van der Waals surface area (Å²) in [5.74, 6) is 0. The Kier molecular flexibility index (Phi) is 23.4. The lowest BCUT2D eigenvalue weighted by Crippen LogP contribution is -1.76. The van der Waals surface area contributed by atoms with Crippen LogP contribution in [0.25, 0.3) is 11.1 Å². The molecule has 0 unspecified atom stereocenters. The monoisotopic (exact) mass is 277 g/mol. The smallest absolute Gasteiger partial charge is 0.0195 e. The van der Waals surface area contributed by atoms with Crippen LogP contribution in [-0.4, -0.2) is 4.98 Å². The number of rotatable bonds is 1. The lowest BCUT2D eigenvalue weighted by Gasteiger charge is -1.97. The van der Waals surface area contributed by atoms with E-state index < -0.39 is 0 Å². The Labute approximate surface area is 127 Å². The van der Waals surface area contributed by atoms with Gasteiger partial charge in [-0.05, 0) is 18.6 Å². The second kappa shape index (κ2) is 19.8. The lowest BCUT2D eigenvalue weighted by molar-refractivity contribution is 1.27. The van der Waals surface area contributed by atoms with Gasteiger partial charge in [0.25, 0.3) is 0 Å². The third kappa shape index (κ3) is 9.43. The summed E-state index contributed by atoms with van der Waals surface area (Å²) in [6.45, 7) is 18.1. The van der Waals surface area contributed by atoms with E-state index in [1.54, 1.807) is 0 Å². The van der Waals surface area contributed by atoms with Crippen molar-refractivity contribution in [3.8, 4) is 11.1 Å². The predicted octanol–water partition coefficient (Wildman–Crippen LogP) is 7.09. The van der Waals surface area contributed by atoms with Crippen molar-refractivity contribution >= 4 is 0 Å². The van der Waals surface area contributed by atoms with E-state index >= 15 is 0 Å². The molecule has 0 spiro atoms. The van der Waals surface area contributed by atoms with Gasteiger partial charge in [0.1, 0.15) is 0 Å². The molecule has 1 aromatic heterocycles. The van der Waals surface area contributed by atoms with Gasteiger partial charge in [-0.2, -0.15) is 0 Å². The summed E-state index contributed by atoms with van der Waals surface area (Å²) in [5.41, 5.74) is 3.79. The molecule has 0 saturated heterocycles. The van der Waals surface area contributed by atoms with Crippen molar-refractivity contribution in [1.82, 2.24) is 4.98 Å². The standard InChI is InChI=1S/C11H11N.4C2H6/c1-9-11(7-8-12-9)10-5-3-2-4-6-10;4*1-2/h2-8,12H,1H3;4*1-2H3. The van der Waals surface area contributed by atoms with Crippen LogP contribution in [0.5, 0.6) is 0 Å². The number of benzene rings is 1. The largest absolute Gasteiger partial charge is 0.365 e. The number of aromatic amines is 1. The van der Waals surface area contributed by atoms with Crippen molar-refractivity contribution in [2.24, 2.45) is 0 Å². The second-order valence-electron chi connectivity index (χ2n) is 2.88. The molecule has 0 radical (unpaired) electrons. The Morgan fingerprint density at radius 2 is 1.10 bits per heavy atom. The average Bonchev–Trinajstić information content (AvgIpc) is 3.02. The summed E-state index contributed by atoms with van der Waals surface area (Å²) >= 11 is 0. The van der Waals surface area contributed by atoms with Gasteiger partial charge in [0, 0.05) is 17.5 Å². The highest BCUT2D eigenvalue weighted by Gasteiger charge is 1.99. The first-order chi connectivity index (χ1) is 9.88. The molecule has 0 aliphatic carbocycles. The summed E-state index contributed by atoms with van der Waals surface area (Å²) in [7, 11) is 0. The Balaban J connectivity index is -0.000000314. The molecule has 0 saturated carbocycles. The zero-order valence-corrected chi connectivity index (χ0v) is 15.0. The normalized spacial score (nSPS) is 7.25. The summed E-state index contributed by atoms with van der Waals surface area (Å²) in [6.07, 6.45) is 1.97. The fraction of sp³-hybridized carbons (Fsp3) is 0.474. The SMILES string of the molecule is CC.CC.CC.CC.Cc1[nH]ccc1-c1ccccc1. The first-order valence-electron chi connectivity index (χ1n) is 8.07. The average molecular weight is 277 g/mol. The maximum absolute atomic E-state index is 3.17. The Hall–Kier alpha value is -1.50. The van der Waals surface area contributed by atoms with Crippen LogP contribution in [0.4, 0.5) is 0 Å². The summed E-state index contributed by atoms with van der Waals surface area (Å²) in [6, 6.07) is 12.5. The molecule has 0 aliphatic rings. The minimum Gasteiger partial charge on any atom is -0.365 e. The van der Waals surface area contributed by atoms with Crippen molar-refractivity contribution in [3.63, 3.8) is 0 Å². The minimum atomic E-state index is 1.22. The molecule has 0 bridgehead atoms. The van der Waals surface area contributed by atoms with E-state index in [0.717, 1.165) is 0 Å². The van der Waals surface area contributed by atoms with Gasteiger partial charge in [-0.3, -0.25) is 0 Å². The number of aromatic nitrogens is 1. The zero-order chi connectivity index (χ0) is 16.4. The minimum absolute atomic E-state index is 1.22. The topological polar surface area (TPSA) is 15.8 Å². The number of nitrogens with one attached hydrogen (secondary N) is 1. The number of hydrogen-bond donors (Lipinski definition) is 1. The van der Waals surface area contributed by atoms with Crippen LogP contribution < -0.4 is 0 Å². The highest BCUT2D eigenvalue weighted by molar-refractivity contribution is 5.65. The van der Waals surface area contributed by atoms with Gasteiger partial charge in [-0.1, -0.05) is 85.7 Å². The molecular weight excluding hydrogens is 242 g/mol. The third-order valence-electron chi connectivity index (χ3n) is 2.04. The molecular formula is C19H35N. The molecule has 1 heteroatoms. The quantitative estimate of drug-likeness (QED) is 0.572. The first kappa shape index (κ1) is 23.6. The van der Waals surface area contributed by atoms with Crippen LogP contribution in [-0.2, 0) is 0 Å². The summed E-state index contributed by atoms with van der Waals surface area (Å²) in [5, 5.41) is 0. The van der Waals surface area contributed by atoms with E-state index in [0.29, 0.717) is 0 Å². The Morgan fingerprint density at radius 1 is 0.650 bits per heavy atom. The van der Waals surface area contributed by atoms with E-state index in [1.807, 2.05) is 67.7 Å². The Morgan fingerprint density at radius 3 is 1.45 bits per heavy atom. The second-order valence-corrected chi connectivity index (χ2v) is 2.88. The number of H-pyrrole nitrogens is 1. The van der Waals surface area contributed by atoms with Crippen molar-refractivity contribution in [2.45, 2.75) is 62.3 Å². The van der Waals surface area contributed by atoms with E-state index in [9.17, 15) is 0 Å². The molecule has 20 heavy (non-hydrogen) atoms. The third-order valence-corrected chi connectivity index (χ3v) is 2.04. The molecule has 2 aromatic rings. The maximum atomic E-state index is 3.17. The highest BCUT2D eigenvalue weighted by atomic mass is 14.7. The van der Waals surface area contributed by atoms with Crippen molar-refractivity contribution in [1.29, 1.82) is 0 Å². The van der Waals surface area contributed by atoms with Gasteiger partial charge in [-0.25, -0.2) is 0 Å². The molecule has 0 aliphatic heterocycles. The van der Waals surface area contributed by atoms with Gasteiger partial charge in [0.2, 0.25) is 0 Å². The molecule has 1 nitrogen and oxygen atoms in total. The lowest BCUT2D eigenvalue weighted by atomic mass is 10.1. The molecule has 0 amide bonds. The molecule has 2 rings (SSSR count). The number of hydrogen-bond acceptors (Lipinski definition) is 0. The Bertz CT molecular complexity index is 360. The molecule has 1 aromatic carbocycles. The van der Waals surface area contributed by atoms with E-state index in [-0.39, 0.29) is 0 Å². The predicted molar refractivity (Wildman–Crippen MR) is 96.4 cm³/mol. The zero-order valence-electron chi connectivity index (χ0n) is 15.0. The van der Waals surface area contributed by atoms with Crippen molar-refractivity contribution in [2.75, 3.05) is 0 Å². The number of aryl methyl sites for hydroxylation is 1. The molecule has 116 valence electrons. The fourth-order valence-electron chi connectivity index (χ4n) is 1.38. The van der Waals surface area contributed by atoms with Gasteiger partial charge >= 0.3 is 0 Å². The maximum Gasteiger partial charge on any atom is 0.0195 e. The van der Waals surface area contributed by atoms with E-state index in [1.165, 1.54) is 16.8 Å². The van der Waals surface area contributed by atoms with Crippen LogP contribution >= 0.6 is 0 Å². The van der Waals surface area contributed by atoms with Gasteiger partial charge in [0.15, 0.2) is 0 Å². The van der Waals surface area contributed by atoms with Crippen LogP contribution in [0.1, 0.15) is 61.1 Å². The summed E-state index contributed by atoms with van der Waals surface area (Å²) in [4.78, 5) is 3.17. The van der Waals surface area contributed by atoms with Gasteiger partial charge < -0.3 is 4.98 Å². The van der Waals surface area contributed by atoms with Gasteiger partial charge in [0.05, 0.1) is 0 Å². The van der Waals surface area contributed by atoms with Crippen LogP contribution in [0.3, 0.4) is 0 Å². The van der Waals surface area contributed by atoms with E-state index in [2.05, 4.69) is 42.2 Å². The molecule has 0 atom stereocenters. The summed E-state index contributed by atoms with van der Waals surface area (Å²) < 4.78 is 0. The van der Waals surface area contributed by atoms with Crippen LogP contribution in [0.15, 0.2) is 42.6 Å². The molecule has 1 heterocycles.